The minimum Gasteiger partial charge on any atom is -0.483 e. The van der Waals surface area contributed by atoms with Gasteiger partial charge < -0.3 is 13.9 Å². The second-order valence-corrected chi connectivity index (χ2v) is 6.21. The van der Waals surface area contributed by atoms with Crippen LogP contribution in [0.5, 0.6) is 17.6 Å². The van der Waals surface area contributed by atoms with E-state index in [9.17, 15) is 9.59 Å². The zero-order valence-corrected chi connectivity index (χ0v) is 14.9. The normalized spacial score (nSPS) is 12.0. The number of ether oxygens (including phenoxy) is 2. The summed E-state index contributed by atoms with van der Waals surface area (Å²) in [5, 5.41) is 0.551. The Morgan fingerprint density at radius 3 is 2.54 bits per heavy atom. The van der Waals surface area contributed by atoms with E-state index in [1.807, 2.05) is 0 Å². The largest absolute Gasteiger partial charge is 0.483 e. The fraction of sp³-hybridized carbons (Fsp3) is 0.211. The number of ketones is 2. The highest BCUT2D eigenvalue weighted by Gasteiger charge is 2.16. The van der Waals surface area contributed by atoms with Gasteiger partial charge in [0.25, 0.3) is 0 Å². The first-order chi connectivity index (χ1) is 12.4. The second-order valence-electron chi connectivity index (χ2n) is 5.77. The molecule has 0 fully saturated rings. The molecule has 0 spiro atoms. The molecular weight excluding hydrogens is 358 g/mol. The van der Waals surface area contributed by atoms with Crippen molar-refractivity contribution in [3.05, 3.63) is 47.5 Å². The van der Waals surface area contributed by atoms with Crippen LogP contribution in [0.25, 0.3) is 11.1 Å². The number of nitrogens with zero attached hydrogens (tertiary/aromatic N) is 1. The van der Waals surface area contributed by atoms with Crippen LogP contribution in [0.15, 0.2) is 46.9 Å². The Morgan fingerprint density at radius 1 is 1.15 bits per heavy atom. The van der Waals surface area contributed by atoms with Crippen molar-refractivity contribution in [2.75, 3.05) is 0 Å². The van der Waals surface area contributed by atoms with E-state index < -0.39 is 6.10 Å². The molecule has 1 unspecified atom stereocenters. The molecule has 26 heavy (non-hydrogen) atoms. The van der Waals surface area contributed by atoms with Gasteiger partial charge in [0, 0.05) is 11.1 Å². The van der Waals surface area contributed by atoms with Gasteiger partial charge in [0.05, 0.1) is 6.42 Å². The number of fused-ring (bicyclic) bond motifs is 1. The Labute approximate surface area is 154 Å². The molecule has 0 amide bonds. The highest BCUT2D eigenvalue weighted by molar-refractivity contribution is 6.31. The van der Waals surface area contributed by atoms with E-state index in [1.54, 1.807) is 49.4 Å². The molecule has 6 nitrogen and oxygen atoms in total. The number of halogens is 1. The molecule has 0 radical (unpaired) electrons. The molecule has 3 rings (SSSR count). The van der Waals surface area contributed by atoms with Crippen LogP contribution >= 0.6 is 11.6 Å². The Balaban J connectivity index is 1.65. The molecular formula is C19H16ClNO5. The fourth-order valence-corrected chi connectivity index (χ4v) is 2.43. The molecule has 2 aromatic carbocycles. The standard InChI is InChI=1S/C19H16ClNO5/c1-11(22)9-17(23)12(2)24-14-4-6-15(7-5-14)25-19-21-16-8-3-13(20)10-18(16)26-19/h3-8,10,12H,9H2,1-2H3. The zero-order valence-electron chi connectivity index (χ0n) is 14.2. The van der Waals surface area contributed by atoms with Crippen molar-refractivity contribution < 1.29 is 23.5 Å². The van der Waals surface area contributed by atoms with Crippen LogP contribution in [-0.2, 0) is 9.59 Å². The maximum Gasteiger partial charge on any atom is 0.400 e. The van der Waals surface area contributed by atoms with Gasteiger partial charge in [0.15, 0.2) is 17.5 Å². The van der Waals surface area contributed by atoms with Gasteiger partial charge in [-0.15, -0.1) is 0 Å². The highest BCUT2D eigenvalue weighted by Crippen LogP contribution is 2.28. The molecule has 0 aliphatic rings. The number of Topliss-reactive ketones (excluding diaryl/α,β-unsaturated/α-hetero) is 2. The third-order valence-electron chi connectivity index (χ3n) is 3.55. The number of aromatic nitrogens is 1. The van der Waals surface area contributed by atoms with Crippen LogP contribution < -0.4 is 9.47 Å². The molecule has 0 aliphatic carbocycles. The topological polar surface area (TPSA) is 78.6 Å². The molecule has 0 bridgehead atoms. The predicted octanol–water partition coefficient (Wildman–Crippen LogP) is 4.59. The average molecular weight is 374 g/mol. The Morgan fingerprint density at radius 2 is 1.85 bits per heavy atom. The van der Waals surface area contributed by atoms with Crippen LogP contribution in [0.1, 0.15) is 20.3 Å². The van der Waals surface area contributed by atoms with Crippen LogP contribution in [0.3, 0.4) is 0 Å². The quantitative estimate of drug-likeness (QED) is 0.563. The van der Waals surface area contributed by atoms with Crippen LogP contribution in [0.2, 0.25) is 5.02 Å². The summed E-state index contributed by atoms with van der Waals surface area (Å²) in [6.07, 6.45) is -0.738. The Kier molecular flexibility index (Phi) is 5.23. The molecule has 1 heterocycles. The molecule has 0 saturated heterocycles. The number of carbonyl (C=O) groups excluding carboxylic acids is 2. The summed E-state index contributed by atoms with van der Waals surface area (Å²) in [6.45, 7) is 2.98. The van der Waals surface area contributed by atoms with Crippen molar-refractivity contribution in [1.82, 2.24) is 4.98 Å². The molecule has 134 valence electrons. The lowest BCUT2D eigenvalue weighted by atomic mass is 10.1. The van der Waals surface area contributed by atoms with Gasteiger partial charge in [-0.3, -0.25) is 9.59 Å². The summed E-state index contributed by atoms with van der Waals surface area (Å²) in [6, 6.07) is 11.8. The summed E-state index contributed by atoms with van der Waals surface area (Å²) in [4.78, 5) is 27.0. The second kappa shape index (κ2) is 7.58. The Bertz CT molecular complexity index is 948. The van der Waals surface area contributed by atoms with Gasteiger partial charge in [0.1, 0.15) is 22.8 Å². The molecule has 7 heteroatoms. The molecule has 3 aromatic rings. The van der Waals surface area contributed by atoms with Gasteiger partial charge in [-0.2, -0.15) is 4.98 Å². The number of benzene rings is 2. The van der Waals surface area contributed by atoms with E-state index >= 15 is 0 Å². The third-order valence-corrected chi connectivity index (χ3v) is 3.78. The van der Waals surface area contributed by atoms with E-state index in [0.717, 1.165) is 0 Å². The summed E-state index contributed by atoms with van der Waals surface area (Å²) >= 11 is 5.91. The van der Waals surface area contributed by atoms with Crippen molar-refractivity contribution in [1.29, 1.82) is 0 Å². The first-order valence-corrected chi connectivity index (χ1v) is 8.31. The number of rotatable bonds is 7. The smallest absolute Gasteiger partial charge is 0.400 e. The predicted molar refractivity (Wildman–Crippen MR) is 95.9 cm³/mol. The minimum absolute atomic E-state index is 0.0981. The summed E-state index contributed by atoms with van der Waals surface area (Å²) in [7, 11) is 0. The first-order valence-electron chi connectivity index (χ1n) is 7.93. The number of oxazole rings is 1. The summed E-state index contributed by atoms with van der Waals surface area (Å²) in [5.74, 6) is 0.542. The van der Waals surface area contributed by atoms with Crippen LogP contribution in [0, 0.1) is 0 Å². The van der Waals surface area contributed by atoms with Crippen molar-refractivity contribution >= 4 is 34.3 Å². The SMILES string of the molecule is CC(=O)CC(=O)C(C)Oc1ccc(Oc2nc3ccc(Cl)cc3o2)cc1. The van der Waals surface area contributed by atoms with Crippen molar-refractivity contribution in [3.63, 3.8) is 0 Å². The van der Waals surface area contributed by atoms with E-state index in [4.69, 9.17) is 25.5 Å². The van der Waals surface area contributed by atoms with Crippen LogP contribution in [-0.4, -0.2) is 22.7 Å². The number of carbonyl (C=O) groups is 2. The maximum absolute atomic E-state index is 11.8. The van der Waals surface area contributed by atoms with E-state index in [2.05, 4.69) is 4.98 Å². The summed E-state index contributed by atoms with van der Waals surface area (Å²) in [5.41, 5.74) is 1.17. The third kappa shape index (κ3) is 4.40. The molecule has 0 N–H and O–H groups in total. The minimum atomic E-state index is -0.701. The van der Waals surface area contributed by atoms with Gasteiger partial charge in [-0.1, -0.05) is 11.6 Å². The van der Waals surface area contributed by atoms with Crippen molar-refractivity contribution in [2.45, 2.75) is 26.4 Å². The first kappa shape index (κ1) is 17.9. The van der Waals surface area contributed by atoms with Crippen molar-refractivity contribution in [2.24, 2.45) is 0 Å². The molecule has 1 aromatic heterocycles. The van der Waals surface area contributed by atoms with Gasteiger partial charge in [0.2, 0.25) is 0 Å². The monoisotopic (exact) mass is 373 g/mol. The maximum atomic E-state index is 11.8. The lowest BCUT2D eigenvalue weighted by Crippen LogP contribution is -2.25. The summed E-state index contributed by atoms with van der Waals surface area (Å²) < 4.78 is 16.6. The van der Waals surface area contributed by atoms with Gasteiger partial charge >= 0.3 is 6.08 Å². The van der Waals surface area contributed by atoms with Gasteiger partial charge in [-0.05, 0) is 50.2 Å². The zero-order chi connectivity index (χ0) is 18.7. The average Bonchev–Trinajstić information content (AvgIpc) is 2.97. The molecule has 0 saturated carbocycles. The lowest BCUT2D eigenvalue weighted by Gasteiger charge is -2.13. The number of hydrogen-bond acceptors (Lipinski definition) is 6. The van der Waals surface area contributed by atoms with Crippen molar-refractivity contribution in [3.8, 4) is 17.6 Å². The number of hydrogen-bond donors (Lipinski definition) is 0. The molecule has 0 aliphatic heterocycles. The fourth-order valence-electron chi connectivity index (χ4n) is 2.27. The van der Waals surface area contributed by atoms with Crippen LogP contribution in [0.4, 0.5) is 0 Å². The highest BCUT2D eigenvalue weighted by atomic mass is 35.5. The van der Waals surface area contributed by atoms with E-state index in [0.29, 0.717) is 27.6 Å². The van der Waals surface area contributed by atoms with E-state index in [1.165, 1.54) is 6.92 Å². The molecule has 1 atom stereocenters. The lowest BCUT2D eigenvalue weighted by molar-refractivity contribution is -0.130. The van der Waals surface area contributed by atoms with Gasteiger partial charge in [-0.25, -0.2) is 0 Å². The van der Waals surface area contributed by atoms with E-state index in [-0.39, 0.29) is 24.1 Å². The Hall–Kier alpha value is -2.86.